The predicted octanol–water partition coefficient (Wildman–Crippen LogP) is 3.12. The van der Waals surface area contributed by atoms with E-state index in [0.717, 1.165) is 17.8 Å². The molecule has 3 heteroatoms. The van der Waals surface area contributed by atoms with E-state index in [1.54, 1.807) is 7.11 Å². The lowest BCUT2D eigenvalue weighted by atomic mass is 10.0. The summed E-state index contributed by atoms with van der Waals surface area (Å²) in [6.07, 6.45) is 2.90. The molecule has 0 aliphatic rings. The number of nitrogens with zero attached hydrogens (tertiary/aromatic N) is 2. The number of methoxy groups -OCH3 is 1. The zero-order valence-electron chi connectivity index (χ0n) is 10.2. The second-order valence-electron chi connectivity index (χ2n) is 4.15. The van der Waals surface area contributed by atoms with Crippen molar-refractivity contribution in [3.63, 3.8) is 0 Å². The highest BCUT2D eigenvalue weighted by atomic mass is 16.5. The fourth-order valence-electron chi connectivity index (χ4n) is 1.35. The highest BCUT2D eigenvalue weighted by Gasteiger charge is 2.14. The molecule has 0 N–H and O–H groups in total. The molecule has 0 bridgehead atoms. The van der Waals surface area contributed by atoms with E-state index in [9.17, 15) is 0 Å². The first-order chi connectivity index (χ1) is 7.10. The van der Waals surface area contributed by atoms with Crippen LogP contribution in [0.3, 0.4) is 0 Å². The quantitative estimate of drug-likeness (QED) is 0.762. The Bertz CT molecular complexity index is 323. The first-order valence-electron chi connectivity index (χ1n) is 5.50. The zero-order valence-corrected chi connectivity index (χ0v) is 10.2. The van der Waals surface area contributed by atoms with E-state index < -0.39 is 0 Å². The van der Waals surface area contributed by atoms with Gasteiger partial charge in [-0.15, -0.1) is 0 Å². The molecule has 0 spiro atoms. The van der Waals surface area contributed by atoms with E-state index >= 15 is 0 Å². The third kappa shape index (κ3) is 2.67. The molecule has 3 nitrogen and oxygen atoms in total. The van der Waals surface area contributed by atoms with Crippen LogP contribution in [-0.4, -0.2) is 17.1 Å². The molecule has 0 amide bonds. The van der Waals surface area contributed by atoms with Gasteiger partial charge in [0.15, 0.2) is 0 Å². The summed E-state index contributed by atoms with van der Waals surface area (Å²) >= 11 is 0. The van der Waals surface area contributed by atoms with E-state index in [-0.39, 0.29) is 0 Å². The minimum Gasteiger partial charge on any atom is -0.480 e. The predicted molar refractivity (Wildman–Crippen MR) is 61.4 cm³/mol. The minimum atomic E-state index is 0.386. The SMILES string of the molecule is CCC(C)c1ncc(C(C)C)nc1OC. The molecule has 1 unspecified atom stereocenters. The number of rotatable bonds is 4. The fraction of sp³-hybridized carbons (Fsp3) is 0.667. The van der Waals surface area contributed by atoms with Gasteiger partial charge >= 0.3 is 0 Å². The second-order valence-corrected chi connectivity index (χ2v) is 4.15. The van der Waals surface area contributed by atoms with Crippen LogP contribution in [0, 0.1) is 0 Å². The summed E-state index contributed by atoms with van der Waals surface area (Å²) in [4.78, 5) is 8.93. The van der Waals surface area contributed by atoms with Gasteiger partial charge < -0.3 is 4.74 Å². The summed E-state index contributed by atoms with van der Waals surface area (Å²) in [6, 6.07) is 0. The van der Waals surface area contributed by atoms with Gasteiger partial charge in [0.05, 0.1) is 12.8 Å². The minimum absolute atomic E-state index is 0.386. The second kappa shape index (κ2) is 5.10. The topological polar surface area (TPSA) is 35.0 Å². The highest BCUT2D eigenvalue weighted by molar-refractivity contribution is 5.24. The number of hydrogen-bond acceptors (Lipinski definition) is 3. The smallest absolute Gasteiger partial charge is 0.235 e. The van der Waals surface area contributed by atoms with Gasteiger partial charge in [-0.3, -0.25) is 4.98 Å². The van der Waals surface area contributed by atoms with Crippen molar-refractivity contribution < 1.29 is 4.74 Å². The van der Waals surface area contributed by atoms with Crippen molar-refractivity contribution in [2.75, 3.05) is 7.11 Å². The Kier molecular flexibility index (Phi) is 4.06. The highest BCUT2D eigenvalue weighted by Crippen LogP contribution is 2.26. The van der Waals surface area contributed by atoms with Crippen molar-refractivity contribution in [2.24, 2.45) is 0 Å². The maximum absolute atomic E-state index is 5.29. The summed E-state index contributed by atoms with van der Waals surface area (Å²) in [5.74, 6) is 1.46. The molecule has 0 aliphatic heterocycles. The summed E-state index contributed by atoms with van der Waals surface area (Å²) in [5, 5.41) is 0. The van der Waals surface area contributed by atoms with Crippen LogP contribution in [0.4, 0.5) is 0 Å². The molecule has 1 atom stereocenters. The lowest BCUT2D eigenvalue weighted by Crippen LogP contribution is -2.05. The van der Waals surface area contributed by atoms with Crippen LogP contribution in [0.2, 0.25) is 0 Å². The van der Waals surface area contributed by atoms with Crippen molar-refractivity contribution in [1.29, 1.82) is 0 Å². The fourth-order valence-corrected chi connectivity index (χ4v) is 1.35. The van der Waals surface area contributed by atoms with Gasteiger partial charge in [0.25, 0.3) is 0 Å². The van der Waals surface area contributed by atoms with Crippen LogP contribution in [0.25, 0.3) is 0 Å². The summed E-state index contributed by atoms with van der Waals surface area (Å²) in [5.41, 5.74) is 1.95. The first kappa shape index (κ1) is 12.0. The van der Waals surface area contributed by atoms with Crippen molar-refractivity contribution in [2.45, 2.75) is 46.0 Å². The van der Waals surface area contributed by atoms with Crippen molar-refractivity contribution in [1.82, 2.24) is 9.97 Å². The number of hydrogen-bond donors (Lipinski definition) is 0. The standard InChI is InChI=1S/C12H20N2O/c1-6-9(4)11-12(15-5)14-10(7-13-11)8(2)3/h7-9H,6H2,1-5H3. The van der Waals surface area contributed by atoms with E-state index in [2.05, 4.69) is 37.7 Å². The van der Waals surface area contributed by atoms with E-state index in [4.69, 9.17) is 4.74 Å². The largest absolute Gasteiger partial charge is 0.480 e. The lowest BCUT2D eigenvalue weighted by Gasteiger charge is -2.13. The average molecular weight is 208 g/mol. The van der Waals surface area contributed by atoms with Crippen LogP contribution in [0.5, 0.6) is 5.88 Å². The molecule has 84 valence electrons. The third-order valence-corrected chi connectivity index (χ3v) is 2.65. The molecule has 1 aromatic heterocycles. The molecule has 1 rings (SSSR count). The number of ether oxygens (including phenoxy) is 1. The molecule has 0 aliphatic carbocycles. The Morgan fingerprint density at radius 3 is 2.47 bits per heavy atom. The Morgan fingerprint density at radius 1 is 1.33 bits per heavy atom. The lowest BCUT2D eigenvalue weighted by molar-refractivity contribution is 0.382. The van der Waals surface area contributed by atoms with E-state index in [1.807, 2.05) is 6.20 Å². The van der Waals surface area contributed by atoms with Crippen LogP contribution >= 0.6 is 0 Å². The molecule has 0 saturated carbocycles. The summed E-state index contributed by atoms with van der Waals surface area (Å²) in [7, 11) is 1.65. The van der Waals surface area contributed by atoms with Crippen LogP contribution < -0.4 is 4.74 Å². The zero-order chi connectivity index (χ0) is 11.4. The van der Waals surface area contributed by atoms with Gasteiger partial charge in [-0.05, 0) is 12.3 Å². The summed E-state index contributed by atoms with van der Waals surface area (Å²) in [6.45, 7) is 8.49. The van der Waals surface area contributed by atoms with Gasteiger partial charge in [0.1, 0.15) is 5.69 Å². The summed E-state index contributed by atoms with van der Waals surface area (Å²) < 4.78 is 5.29. The molecule has 0 saturated heterocycles. The maximum Gasteiger partial charge on any atom is 0.235 e. The van der Waals surface area contributed by atoms with Crippen molar-refractivity contribution in [3.05, 3.63) is 17.6 Å². The molecule has 1 heterocycles. The normalized spacial score (nSPS) is 12.9. The number of aromatic nitrogens is 2. The molecular weight excluding hydrogens is 188 g/mol. The first-order valence-corrected chi connectivity index (χ1v) is 5.50. The van der Waals surface area contributed by atoms with Crippen LogP contribution in [0.1, 0.15) is 57.3 Å². The molecule has 0 aromatic carbocycles. The van der Waals surface area contributed by atoms with E-state index in [1.165, 1.54) is 0 Å². The monoisotopic (exact) mass is 208 g/mol. The van der Waals surface area contributed by atoms with Gasteiger partial charge in [0.2, 0.25) is 5.88 Å². The Balaban J connectivity index is 3.09. The molecule has 0 radical (unpaired) electrons. The molecule has 15 heavy (non-hydrogen) atoms. The average Bonchev–Trinajstić information content (AvgIpc) is 2.27. The van der Waals surface area contributed by atoms with Crippen molar-refractivity contribution >= 4 is 0 Å². The van der Waals surface area contributed by atoms with E-state index in [0.29, 0.717) is 17.7 Å². The van der Waals surface area contributed by atoms with Gasteiger partial charge in [-0.25, -0.2) is 4.98 Å². The van der Waals surface area contributed by atoms with Crippen LogP contribution in [-0.2, 0) is 0 Å². The van der Waals surface area contributed by atoms with Crippen LogP contribution in [0.15, 0.2) is 6.20 Å². The molecule has 1 aromatic rings. The Labute approximate surface area is 91.9 Å². The van der Waals surface area contributed by atoms with Gasteiger partial charge in [-0.1, -0.05) is 27.7 Å². The molecule has 0 fully saturated rings. The van der Waals surface area contributed by atoms with Gasteiger partial charge in [0, 0.05) is 12.1 Å². The maximum atomic E-state index is 5.29. The van der Waals surface area contributed by atoms with Crippen molar-refractivity contribution in [3.8, 4) is 5.88 Å². The Hall–Kier alpha value is -1.12. The Morgan fingerprint density at radius 2 is 2.00 bits per heavy atom. The van der Waals surface area contributed by atoms with Gasteiger partial charge in [-0.2, -0.15) is 0 Å². The third-order valence-electron chi connectivity index (χ3n) is 2.65. The molecular formula is C12H20N2O.